The van der Waals surface area contributed by atoms with E-state index in [4.69, 9.17) is 19.5 Å². The lowest BCUT2D eigenvalue weighted by Crippen LogP contribution is -2.17. The number of rotatable bonds is 26. The van der Waals surface area contributed by atoms with Crippen LogP contribution in [0.5, 0.6) is 0 Å². The van der Waals surface area contributed by atoms with E-state index in [0.717, 1.165) is 12.8 Å². The van der Waals surface area contributed by atoms with Gasteiger partial charge in [0, 0.05) is 4.57 Å². The third-order valence-corrected chi connectivity index (χ3v) is 8.53. The first-order valence-electron chi connectivity index (χ1n) is 15.0. The lowest BCUT2D eigenvalue weighted by molar-refractivity contribution is -0.0367. The quantitative estimate of drug-likeness (QED) is 0.0666. The molecule has 2 heterocycles. The zero-order valence-corrected chi connectivity index (χ0v) is 25.9. The van der Waals surface area contributed by atoms with Gasteiger partial charge in [0.05, 0.1) is 19.0 Å². The van der Waals surface area contributed by atoms with Crippen LogP contribution in [0.3, 0.4) is 0 Å². The van der Waals surface area contributed by atoms with E-state index in [-0.39, 0.29) is 12.9 Å². The average Bonchev–Trinajstić information content (AvgIpc) is 3.33. The SMILES string of the molecule is CCCCSCCCCCCCCCCCCCCCO[P+](=O)OCO[C@H](C)Cn1cnc2c(N)ncnc21. The van der Waals surface area contributed by atoms with Gasteiger partial charge in [-0.15, -0.1) is 4.52 Å². The van der Waals surface area contributed by atoms with Crippen molar-refractivity contribution >= 4 is 37.0 Å². The number of nitrogens with two attached hydrogens (primary N) is 1. The molecule has 0 aliphatic rings. The maximum atomic E-state index is 11.9. The van der Waals surface area contributed by atoms with Crippen LogP contribution in [0.25, 0.3) is 11.2 Å². The molecule has 2 aromatic heterocycles. The van der Waals surface area contributed by atoms with Crippen LogP contribution in [0.15, 0.2) is 12.7 Å². The molecule has 9 nitrogen and oxygen atoms in total. The van der Waals surface area contributed by atoms with Crippen molar-refractivity contribution in [1.29, 1.82) is 0 Å². The number of fused-ring (bicyclic) bond motifs is 1. The molecular weight excluding hydrogens is 533 g/mol. The number of nitrogen functional groups attached to an aromatic ring is 1. The average molecular weight is 585 g/mol. The molecule has 2 aromatic rings. The largest absolute Gasteiger partial charge is 0.699 e. The summed E-state index contributed by atoms with van der Waals surface area (Å²) in [4.78, 5) is 12.4. The molecular formula is C28H51N5O4PS+. The Kier molecular flexibility index (Phi) is 19.4. The summed E-state index contributed by atoms with van der Waals surface area (Å²) in [5.74, 6) is 3.05. The number of thioether (sulfide) groups is 1. The van der Waals surface area contributed by atoms with Gasteiger partial charge >= 0.3 is 8.25 Å². The fourth-order valence-corrected chi connectivity index (χ4v) is 5.93. The number of anilines is 1. The van der Waals surface area contributed by atoms with Crippen molar-refractivity contribution in [3.63, 3.8) is 0 Å². The van der Waals surface area contributed by atoms with E-state index in [2.05, 4.69) is 33.6 Å². The van der Waals surface area contributed by atoms with E-state index in [1.807, 2.05) is 11.5 Å². The number of hydrogen-bond acceptors (Lipinski definition) is 9. The summed E-state index contributed by atoms with van der Waals surface area (Å²) in [6.45, 7) is 5.02. The Morgan fingerprint density at radius 2 is 1.49 bits per heavy atom. The summed E-state index contributed by atoms with van der Waals surface area (Å²) in [6.07, 6.45) is 22.5. The second kappa shape index (κ2) is 22.4. The number of aromatic nitrogens is 4. The minimum Gasteiger partial charge on any atom is -0.382 e. The van der Waals surface area contributed by atoms with Crippen molar-refractivity contribution < 1.29 is 18.3 Å². The van der Waals surface area contributed by atoms with Crippen LogP contribution in [0.2, 0.25) is 0 Å². The van der Waals surface area contributed by atoms with Gasteiger partial charge in [0.2, 0.25) is 6.79 Å². The minimum absolute atomic E-state index is 0.0988. The summed E-state index contributed by atoms with van der Waals surface area (Å²) in [5.41, 5.74) is 7.03. The Balaban J connectivity index is 1.32. The summed E-state index contributed by atoms with van der Waals surface area (Å²) in [5, 5.41) is 0. The Morgan fingerprint density at radius 1 is 0.872 bits per heavy atom. The molecule has 2 atom stereocenters. The van der Waals surface area contributed by atoms with E-state index < -0.39 is 8.25 Å². The molecule has 0 aliphatic heterocycles. The van der Waals surface area contributed by atoms with Crippen LogP contribution in [-0.4, -0.2) is 50.5 Å². The van der Waals surface area contributed by atoms with Crippen molar-refractivity contribution in [2.45, 2.75) is 123 Å². The highest BCUT2D eigenvalue weighted by molar-refractivity contribution is 7.99. The lowest BCUT2D eigenvalue weighted by Gasteiger charge is -2.11. The molecule has 0 amide bonds. The summed E-state index contributed by atoms with van der Waals surface area (Å²) in [7, 11) is -2.17. The molecule has 0 spiro atoms. The van der Waals surface area contributed by atoms with Gasteiger partial charge in [0.25, 0.3) is 0 Å². The summed E-state index contributed by atoms with van der Waals surface area (Å²) in [6, 6.07) is 0. The molecule has 0 aromatic carbocycles. The molecule has 0 aliphatic carbocycles. The van der Waals surface area contributed by atoms with Gasteiger partial charge in [0.15, 0.2) is 11.5 Å². The maximum absolute atomic E-state index is 11.9. The lowest BCUT2D eigenvalue weighted by atomic mass is 10.0. The van der Waals surface area contributed by atoms with E-state index >= 15 is 0 Å². The van der Waals surface area contributed by atoms with Gasteiger partial charge in [-0.1, -0.05) is 88.5 Å². The number of unbranched alkanes of at least 4 members (excludes halogenated alkanes) is 13. The van der Waals surface area contributed by atoms with E-state index in [9.17, 15) is 4.57 Å². The second-order valence-electron chi connectivity index (χ2n) is 10.2. The van der Waals surface area contributed by atoms with Gasteiger partial charge in [-0.25, -0.2) is 15.0 Å². The van der Waals surface area contributed by atoms with Gasteiger partial charge in [0.1, 0.15) is 18.5 Å². The standard InChI is InChI=1S/C28H51N5O4PS/c1-3-4-19-39-20-17-15-13-11-9-7-5-6-8-10-12-14-16-18-36-38(34)37-24-35-25(2)21-33-23-32-26-27(29)30-22-31-28(26)33/h22-23,25H,3-21,24H2,1-2H3,(H2,29,30,31)/q+1/t25-/m1/s1. The van der Waals surface area contributed by atoms with Crippen LogP contribution in [0.1, 0.15) is 110 Å². The molecule has 222 valence electrons. The molecule has 2 N–H and O–H groups in total. The molecule has 11 heteroatoms. The summed E-state index contributed by atoms with van der Waals surface area (Å²) >= 11 is 2.13. The number of imidazole rings is 1. The predicted octanol–water partition coefficient (Wildman–Crippen LogP) is 8.07. The third kappa shape index (κ3) is 15.9. The topological polar surface area (TPSA) is 114 Å². The zero-order valence-electron chi connectivity index (χ0n) is 24.2. The molecule has 0 saturated carbocycles. The van der Waals surface area contributed by atoms with Gasteiger partial charge in [-0.3, -0.25) is 0 Å². The summed E-state index contributed by atoms with van der Waals surface area (Å²) < 4.78 is 29.8. The Labute approximate surface area is 240 Å². The predicted molar refractivity (Wildman–Crippen MR) is 162 cm³/mol. The number of hydrogen-bond donors (Lipinski definition) is 1. The highest BCUT2D eigenvalue weighted by Gasteiger charge is 2.21. The first-order valence-corrected chi connectivity index (χ1v) is 17.2. The van der Waals surface area contributed by atoms with Gasteiger partial charge in [-0.2, -0.15) is 11.8 Å². The fourth-order valence-electron chi connectivity index (χ4n) is 4.33. The molecule has 1 unspecified atom stereocenters. The van der Waals surface area contributed by atoms with Crippen molar-refractivity contribution in [2.24, 2.45) is 0 Å². The van der Waals surface area contributed by atoms with Gasteiger partial charge < -0.3 is 15.0 Å². The van der Waals surface area contributed by atoms with E-state index in [1.165, 1.54) is 101 Å². The monoisotopic (exact) mass is 584 g/mol. The molecule has 0 fully saturated rings. The molecule has 0 radical (unpaired) electrons. The van der Waals surface area contributed by atoms with Crippen LogP contribution < -0.4 is 5.73 Å². The van der Waals surface area contributed by atoms with Crippen molar-refractivity contribution in [3.8, 4) is 0 Å². The number of nitrogens with zero attached hydrogens (tertiary/aromatic N) is 4. The smallest absolute Gasteiger partial charge is 0.382 e. The fraction of sp³-hybridized carbons (Fsp3) is 0.821. The highest BCUT2D eigenvalue weighted by Crippen LogP contribution is 2.24. The van der Waals surface area contributed by atoms with Crippen molar-refractivity contribution in [2.75, 3.05) is 30.6 Å². The normalized spacial score (nSPS) is 12.8. The molecule has 2 rings (SSSR count). The van der Waals surface area contributed by atoms with E-state index in [0.29, 0.717) is 30.1 Å². The van der Waals surface area contributed by atoms with Crippen LogP contribution >= 0.6 is 20.0 Å². The van der Waals surface area contributed by atoms with Crippen molar-refractivity contribution in [1.82, 2.24) is 19.5 Å². The Bertz CT molecular complexity index is 904. The van der Waals surface area contributed by atoms with Crippen LogP contribution in [0, 0.1) is 0 Å². The minimum atomic E-state index is -2.17. The first-order chi connectivity index (χ1) is 19.1. The van der Waals surface area contributed by atoms with Crippen molar-refractivity contribution in [3.05, 3.63) is 12.7 Å². The first kappa shape index (κ1) is 33.9. The molecule has 0 bridgehead atoms. The second-order valence-corrected chi connectivity index (χ2v) is 12.4. The van der Waals surface area contributed by atoms with Crippen LogP contribution in [0.4, 0.5) is 5.82 Å². The third-order valence-electron chi connectivity index (χ3n) is 6.67. The molecule has 39 heavy (non-hydrogen) atoms. The Hall–Kier alpha value is -1.32. The number of ether oxygens (including phenoxy) is 1. The molecule has 0 saturated heterocycles. The van der Waals surface area contributed by atoms with E-state index in [1.54, 1.807) is 6.33 Å². The maximum Gasteiger partial charge on any atom is 0.699 e. The van der Waals surface area contributed by atoms with Gasteiger partial charge in [-0.05, 0) is 37.7 Å². The highest BCUT2D eigenvalue weighted by atomic mass is 32.2. The zero-order chi connectivity index (χ0) is 28.0. The van der Waals surface area contributed by atoms with Crippen LogP contribution in [-0.2, 0) is 24.9 Å². The Morgan fingerprint density at radius 3 is 2.15 bits per heavy atom.